The third-order valence-electron chi connectivity index (χ3n) is 4.56. The standard InChI is InChI=1S/C18H13F3N4O3S/c19-18(20,21)11-5-6-15(14(9-11)25(27)28)29-10-16(26)24-8-7-23-13-4-2-1-3-12(13)22-17(23)24/h1-6,9H,7-8,10H2. The van der Waals surface area contributed by atoms with Gasteiger partial charge in [0.25, 0.3) is 5.69 Å². The van der Waals surface area contributed by atoms with Gasteiger partial charge in [-0.15, -0.1) is 11.8 Å². The molecule has 1 aliphatic heterocycles. The van der Waals surface area contributed by atoms with Crippen LogP contribution in [0, 0.1) is 10.1 Å². The molecule has 0 bridgehead atoms. The number of nitrogens with zero attached hydrogens (tertiary/aromatic N) is 4. The summed E-state index contributed by atoms with van der Waals surface area (Å²) >= 11 is 0.834. The minimum atomic E-state index is -4.68. The summed E-state index contributed by atoms with van der Waals surface area (Å²) in [5, 5.41) is 11.2. The van der Waals surface area contributed by atoms with Gasteiger partial charge in [-0.1, -0.05) is 12.1 Å². The van der Waals surface area contributed by atoms with Gasteiger partial charge in [0, 0.05) is 19.2 Å². The molecule has 7 nitrogen and oxygen atoms in total. The summed E-state index contributed by atoms with van der Waals surface area (Å²) in [6.07, 6.45) is -4.68. The zero-order valence-corrected chi connectivity index (χ0v) is 15.5. The molecular weight excluding hydrogens is 409 g/mol. The van der Waals surface area contributed by atoms with Gasteiger partial charge in [-0.05, 0) is 24.3 Å². The monoisotopic (exact) mass is 422 g/mol. The maximum atomic E-state index is 12.8. The SMILES string of the molecule is O=C(CSc1ccc(C(F)(F)F)cc1[N+](=O)[O-])N1CCn2c1nc1ccccc12. The zero-order valence-electron chi connectivity index (χ0n) is 14.7. The van der Waals surface area contributed by atoms with Gasteiger partial charge < -0.3 is 4.57 Å². The number of hydrogen-bond donors (Lipinski definition) is 0. The molecule has 0 saturated heterocycles. The lowest BCUT2D eigenvalue weighted by molar-refractivity contribution is -0.388. The van der Waals surface area contributed by atoms with Crippen molar-refractivity contribution >= 4 is 40.3 Å². The van der Waals surface area contributed by atoms with Crippen molar-refractivity contribution in [3.05, 3.63) is 58.1 Å². The average molecular weight is 422 g/mol. The Morgan fingerprint density at radius 2 is 1.97 bits per heavy atom. The highest BCUT2D eigenvalue weighted by Crippen LogP contribution is 2.37. The largest absolute Gasteiger partial charge is 0.416 e. The van der Waals surface area contributed by atoms with Crippen LogP contribution in [-0.2, 0) is 17.5 Å². The van der Waals surface area contributed by atoms with Gasteiger partial charge >= 0.3 is 6.18 Å². The number of para-hydroxylation sites is 2. The minimum absolute atomic E-state index is 0.00375. The van der Waals surface area contributed by atoms with Crippen molar-refractivity contribution in [2.24, 2.45) is 0 Å². The van der Waals surface area contributed by atoms with Crippen LogP contribution in [0.1, 0.15) is 5.56 Å². The van der Waals surface area contributed by atoms with Crippen molar-refractivity contribution in [1.29, 1.82) is 0 Å². The average Bonchev–Trinajstić information content (AvgIpc) is 3.24. The normalized spacial score (nSPS) is 13.7. The van der Waals surface area contributed by atoms with E-state index in [4.69, 9.17) is 0 Å². The Morgan fingerprint density at radius 3 is 2.69 bits per heavy atom. The molecule has 4 rings (SSSR count). The summed E-state index contributed by atoms with van der Waals surface area (Å²) in [7, 11) is 0. The molecule has 0 radical (unpaired) electrons. The van der Waals surface area contributed by atoms with Crippen LogP contribution < -0.4 is 4.90 Å². The Hall–Kier alpha value is -3.08. The number of carbonyl (C=O) groups is 1. The van der Waals surface area contributed by atoms with Crippen LogP contribution in [0.15, 0.2) is 47.4 Å². The van der Waals surface area contributed by atoms with Crippen LogP contribution >= 0.6 is 11.8 Å². The molecule has 0 atom stereocenters. The van der Waals surface area contributed by atoms with Crippen molar-refractivity contribution in [2.45, 2.75) is 17.6 Å². The predicted octanol–water partition coefficient (Wildman–Crippen LogP) is 4.10. The van der Waals surface area contributed by atoms with Crippen LogP contribution in [0.25, 0.3) is 11.0 Å². The van der Waals surface area contributed by atoms with E-state index in [2.05, 4.69) is 4.98 Å². The van der Waals surface area contributed by atoms with Gasteiger partial charge in [-0.3, -0.25) is 19.8 Å². The highest BCUT2D eigenvalue weighted by Gasteiger charge is 2.33. The number of benzene rings is 2. The molecule has 3 aromatic rings. The van der Waals surface area contributed by atoms with Crippen LogP contribution in [0.3, 0.4) is 0 Å². The molecule has 0 spiro atoms. The molecule has 1 aromatic heterocycles. The second-order valence-electron chi connectivity index (χ2n) is 6.32. The van der Waals surface area contributed by atoms with E-state index in [1.165, 1.54) is 4.90 Å². The van der Waals surface area contributed by atoms with E-state index in [1.807, 2.05) is 28.8 Å². The number of alkyl halides is 3. The Bertz CT molecular complexity index is 1130. The molecule has 0 fully saturated rings. The highest BCUT2D eigenvalue weighted by molar-refractivity contribution is 8.00. The molecule has 11 heteroatoms. The van der Waals surface area contributed by atoms with Crippen LogP contribution in [0.5, 0.6) is 0 Å². The number of anilines is 1. The third kappa shape index (κ3) is 3.53. The number of fused-ring (bicyclic) bond motifs is 3. The quantitative estimate of drug-likeness (QED) is 0.359. The maximum absolute atomic E-state index is 12.8. The first-order valence-electron chi connectivity index (χ1n) is 8.50. The number of nitro groups is 1. The topological polar surface area (TPSA) is 81.3 Å². The number of carbonyl (C=O) groups excluding carboxylic acids is 1. The summed E-state index contributed by atoms with van der Waals surface area (Å²) in [5.74, 6) is 0.0204. The van der Waals surface area contributed by atoms with E-state index in [-0.39, 0.29) is 16.6 Å². The van der Waals surface area contributed by atoms with E-state index in [9.17, 15) is 28.1 Å². The van der Waals surface area contributed by atoms with E-state index in [0.29, 0.717) is 25.1 Å². The van der Waals surface area contributed by atoms with E-state index in [1.54, 1.807) is 0 Å². The second-order valence-corrected chi connectivity index (χ2v) is 7.34. The Kier molecular flexibility index (Phi) is 4.69. The molecule has 2 heterocycles. The van der Waals surface area contributed by atoms with Crippen molar-refractivity contribution in [1.82, 2.24) is 9.55 Å². The number of nitro benzene ring substituents is 1. The molecule has 0 N–H and O–H groups in total. The first-order chi connectivity index (χ1) is 13.8. The summed E-state index contributed by atoms with van der Waals surface area (Å²) in [6, 6.07) is 9.75. The zero-order chi connectivity index (χ0) is 20.8. The number of imidazole rings is 1. The van der Waals surface area contributed by atoms with Crippen LogP contribution in [0.4, 0.5) is 24.8 Å². The van der Waals surface area contributed by atoms with E-state index < -0.39 is 22.4 Å². The Morgan fingerprint density at radius 1 is 1.21 bits per heavy atom. The Labute approximate surface area is 166 Å². The van der Waals surface area contributed by atoms with Crippen LogP contribution in [0.2, 0.25) is 0 Å². The molecule has 29 heavy (non-hydrogen) atoms. The first kappa shape index (κ1) is 19.2. The lowest BCUT2D eigenvalue weighted by Crippen LogP contribution is -2.31. The number of hydrogen-bond acceptors (Lipinski definition) is 5. The first-order valence-corrected chi connectivity index (χ1v) is 9.48. The molecule has 2 aromatic carbocycles. The second kappa shape index (κ2) is 7.07. The van der Waals surface area contributed by atoms with Crippen LogP contribution in [-0.4, -0.2) is 32.7 Å². The fraction of sp³-hybridized carbons (Fsp3) is 0.222. The summed E-state index contributed by atoms with van der Waals surface area (Å²) < 4.78 is 40.3. The third-order valence-corrected chi connectivity index (χ3v) is 5.61. The number of thioether (sulfide) groups is 1. The Balaban J connectivity index is 1.53. The highest BCUT2D eigenvalue weighted by atomic mass is 32.2. The van der Waals surface area contributed by atoms with Gasteiger partial charge in [-0.25, -0.2) is 4.98 Å². The van der Waals surface area contributed by atoms with Gasteiger partial charge in [0.15, 0.2) is 0 Å². The van der Waals surface area contributed by atoms with Gasteiger partial charge in [0.05, 0.1) is 32.2 Å². The number of rotatable bonds is 4. The predicted molar refractivity (Wildman–Crippen MR) is 101 cm³/mol. The molecule has 150 valence electrons. The lowest BCUT2D eigenvalue weighted by atomic mass is 10.2. The molecular formula is C18H13F3N4O3S. The molecule has 0 aliphatic carbocycles. The summed E-state index contributed by atoms with van der Waals surface area (Å²) in [4.78, 5) is 28.9. The fourth-order valence-corrected chi connectivity index (χ4v) is 4.08. The van der Waals surface area contributed by atoms with E-state index >= 15 is 0 Å². The fourth-order valence-electron chi connectivity index (χ4n) is 3.20. The summed E-state index contributed by atoms with van der Waals surface area (Å²) in [6.45, 7) is 0.994. The number of halogens is 3. The van der Waals surface area contributed by atoms with Crippen molar-refractivity contribution in [2.75, 3.05) is 17.2 Å². The molecule has 0 saturated carbocycles. The molecule has 1 amide bonds. The van der Waals surface area contributed by atoms with Crippen molar-refractivity contribution in [3.8, 4) is 0 Å². The summed E-state index contributed by atoms with van der Waals surface area (Å²) in [5.41, 5.74) is -0.116. The molecule has 1 aliphatic rings. The smallest absolute Gasteiger partial charge is 0.308 e. The number of amides is 1. The van der Waals surface area contributed by atoms with Crippen molar-refractivity contribution < 1.29 is 22.9 Å². The molecule has 0 unspecified atom stereocenters. The van der Waals surface area contributed by atoms with E-state index in [0.717, 1.165) is 34.9 Å². The maximum Gasteiger partial charge on any atom is 0.416 e. The minimum Gasteiger partial charge on any atom is -0.308 e. The van der Waals surface area contributed by atoms with Gasteiger partial charge in [-0.2, -0.15) is 13.2 Å². The van der Waals surface area contributed by atoms with Gasteiger partial charge in [0.2, 0.25) is 11.9 Å². The van der Waals surface area contributed by atoms with Gasteiger partial charge in [0.1, 0.15) is 0 Å². The lowest BCUT2D eigenvalue weighted by Gasteiger charge is -2.14. The van der Waals surface area contributed by atoms with Crippen molar-refractivity contribution in [3.63, 3.8) is 0 Å². The number of aromatic nitrogens is 2.